The van der Waals surface area contributed by atoms with Crippen molar-refractivity contribution < 1.29 is 14.3 Å². The van der Waals surface area contributed by atoms with Crippen molar-refractivity contribution in [3.8, 4) is 5.69 Å². The summed E-state index contributed by atoms with van der Waals surface area (Å²) in [6, 6.07) is 13.6. The third-order valence-electron chi connectivity index (χ3n) is 6.69. The molecule has 0 atom stereocenters. The molecule has 0 aliphatic carbocycles. The predicted octanol–water partition coefficient (Wildman–Crippen LogP) is 6.19. The summed E-state index contributed by atoms with van der Waals surface area (Å²) in [4.78, 5) is 27.7. The minimum Gasteiger partial charge on any atom is -0.444 e. The number of carbonyl (C=O) groups excluding carboxylic acids is 2. The quantitative estimate of drug-likeness (QED) is 0.433. The molecule has 1 aliphatic rings. The number of hydrogen-bond acceptors (Lipinski definition) is 4. The maximum atomic E-state index is 13.4. The fraction of sp³-hybridized carbons (Fsp3) is 0.414. The number of halogens is 1. The van der Waals surface area contributed by atoms with E-state index in [4.69, 9.17) is 16.3 Å². The molecule has 37 heavy (non-hydrogen) atoms. The van der Waals surface area contributed by atoms with Crippen LogP contribution in [0, 0.1) is 13.8 Å². The molecule has 0 unspecified atom stereocenters. The summed E-state index contributed by atoms with van der Waals surface area (Å²) in [7, 11) is 0. The van der Waals surface area contributed by atoms with Crippen molar-refractivity contribution in [1.29, 1.82) is 0 Å². The largest absolute Gasteiger partial charge is 0.444 e. The van der Waals surface area contributed by atoms with E-state index in [0.717, 1.165) is 22.5 Å². The van der Waals surface area contributed by atoms with Crippen LogP contribution in [0.5, 0.6) is 0 Å². The topological polar surface area (TPSA) is 76.5 Å². The number of benzene rings is 2. The van der Waals surface area contributed by atoms with Crippen molar-refractivity contribution in [2.75, 3.05) is 13.1 Å². The maximum Gasteiger partial charge on any atom is 0.410 e. The van der Waals surface area contributed by atoms with Gasteiger partial charge in [0.25, 0.3) is 5.91 Å². The highest BCUT2D eigenvalue weighted by Gasteiger charge is 2.32. The molecule has 1 fully saturated rings. The highest BCUT2D eigenvalue weighted by atomic mass is 35.5. The number of nitrogens with one attached hydrogen (secondary N) is 1. The van der Waals surface area contributed by atoms with E-state index >= 15 is 0 Å². The molecule has 0 saturated carbocycles. The molecule has 0 bridgehead atoms. The zero-order chi connectivity index (χ0) is 26.7. The lowest BCUT2D eigenvalue weighted by molar-refractivity contribution is 0.0203. The Morgan fingerprint density at radius 2 is 1.73 bits per heavy atom. The van der Waals surface area contributed by atoms with Gasteiger partial charge < -0.3 is 15.0 Å². The van der Waals surface area contributed by atoms with Crippen molar-refractivity contribution in [2.24, 2.45) is 0 Å². The van der Waals surface area contributed by atoms with Crippen LogP contribution in [0.1, 0.15) is 72.3 Å². The minimum atomic E-state index is -0.537. The first-order valence-electron chi connectivity index (χ1n) is 12.7. The van der Waals surface area contributed by atoms with Crippen LogP contribution in [0.15, 0.2) is 48.7 Å². The van der Waals surface area contributed by atoms with Crippen molar-refractivity contribution in [1.82, 2.24) is 20.0 Å². The lowest BCUT2D eigenvalue weighted by atomic mass is 9.90. The Bertz CT molecular complexity index is 1270. The first kappa shape index (κ1) is 26.7. The Morgan fingerprint density at radius 3 is 2.35 bits per heavy atom. The minimum absolute atomic E-state index is 0.0686. The molecular formula is C29H35ClN4O3. The van der Waals surface area contributed by atoms with E-state index < -0.39 is 5.60 Å². The molecule has 2 amide bonds. The number of amides is 2. The second-order valence-electron chi connectivity index (χ2n) is 10.7. The number of hydrogen-bond donors (Lipinski definition) is 1. The van der Waals surface area contributed by atoms with Gasteiger partial charge in [-0.05, 0) is 88.4 Å². The van der Waals surface area contributed by atoms with Crippen LogP contribution in [0.25, 0.3) is 5.69 Å². The number of likely N-dealkylation sites (tertiary alicyclic amines) is 1. The van der Waals surface area contributed by atoms with Gasteiger partial charge in [-0.3, -0.25) is 4.79 Å². The number of piperidine rings is 1. The molecule has 1 aromatic heterocycles. The van der Waals surface area contributed by atoms with Gasteiger partial charge in [0.05, 0.1) is 23.1 Å². The van der Waals surface area contributed by atoms with Crippen molar-refractivity contribution in [3.05, 3.63) is 81.6 Å². The van der Waals surface area contributed by atoms with Crippen molar-refractivity contribution >= 4 is 23.6 Å². The first-order valence-corrected chi connectivity index (χ1v) is 13.1. The highest BCUT2D eigenvalue weighted by Crippen LogP contribution is 2.33. The summed E-state index contributed by atoms with van der Waals surface area (Å²) in [6.45, 7) is 11.3. The van der Waals surface area contributed by atoms with Gasteiger partial charge in [0.15, 0.2) is 0 Å². The fourth-order valence-corrected chi connectivity index (χ4v) is 4.66. The van der Waals surface area contributed by atoms with Crippen molar-refractivity contribution in [3.63, 3.8) is 0 Å². The summed E-state index contributed by atoms with van der Waals surface area (Å²) in [5, 5.41) is 8.35. The molecule has 1 aliphatic heterocycles. The van der Waals surface area contributed by atoms with Crippen LogP contribution in [0.3, 0.4) is 0 Å². The molecule has 7 nitrogen and oxygen atoms in total. The number of nitrogens with zero attached hydrogens (tertiary/aromatic N) is 3. The number of aryl methyl sites for hydroxylation is 2. The Morgan fingerprint density at radius 1 is 1.05 bits per heavy atom. The normalized spacial score (nSPS) is 14.5. The Hall–Kier alpha value is -3.32. The lowest BCUT2D eigenvalue weighted by Gasteiger charge is -2.34. The molecule has 8 heteroatoms. The van der Waals surface area contributed by atoms with Gasteiger partial charge in [0, 0.05) is 30.6 Å². The average molecular weight is 523 g/mol. The molecule has 2 aromatic carbocycles. The number of ether oxygens (including phenoxy) is 1. The van der Waals surface area contributed by atoms with Crippen LogP contribution in [-0.2, 0) is 11.3 Å². The van der Waals surface area contributed by atoms with Gasteiger partial charge in [-0.25, -0.2) is 9.48 Å². The summed E-state index contributed by atoms with van der Waals surface area (Å²) in [6.07, 6.45) is 2.79. The average Bonchev–Trinajstić information content (AvgIpc) is 3.29. The second-order valence-corrected chi connectivity index (χ2v) is 11.1. The molecule has 0 spiro atoms. The van der Waals surface area contributed by atoms with E-state index in [9.17, 15) is 9.59 Å². The van der Waals surface area contributed by atoms with Gasteiger partial charge in [0.2, 0.25) is 0 Å². The van der Waals surface area contributed by atoms with Crippen LogP contribution < -0.4 is 5.32 Å². The van der Waals surface area contributed by atoms with E-state index in [2.05, 4.69) is 36.4 Å². The molecule has 4 rings (SSSR count). The Kier molecular flexibility index (Phi) is 7.93. The zero-order valence-corrected chi connectivity index (χ0v) is 22.9. The predicted molar refractivity (Wildman–Crippen MR) is 145 cm³/mol. The van der Waals surface area contributed by atoms with Gasteiger partial charge in [-0.15, -0.1) is 0 Å². The van der Waals surface area contributed by atoms with Crippen molar-refractivity contribution in [2.45, 2.75) is 65.5 Å². The lowest BCUT2D eigenvalue weighted by Crippen LogP contribution is -2.41. The van der Waals surface area contributed by atoms with E-state index in [0.29, 0.717) is 43.1 Å². The molecule has 1 saturated heterocycles. The van der Waals surface area contributed by atoms with Crippen LogP contribution in [-0.4, -0.2) is 45.4 Å². The molecule has 2 heterocycles. The van der Waals surface area contributed by atoms with Gasteiger partial charge >= 0.3 is 6.09 Å². The summed E-state index contributed by atoms with van der Waals surface area (Å²) < 4.78 is 7.45. The Balaban J connectivity index is 1.58. The van der Waals surface area contributed by atoms with Crippen LogP contribution >= 0.6 is 11.6 Å². The second kappa shape index (κ2) is 11.0. The molecule has 3 aromatic rings. The van der Waals surface area contributed by atoms with Gasteiger partial charge in [-0.1, -0.05) is 29.8 Å². The molecular weight excluding hydrogens is 488 g/mol. The number of aromatic nitrogens is 2. The van der Waals surface area contributed by atoms with E-state index in [1.54, 1.807) is 11.1 Å². The fourth-order valence-electron chi connectivity index (χ4n) is 4.53. The zero-order valence-electron chi connectivity index (χ0n) is 22.2. The van der Waals surface area contributed by atoms with Crippen LogP contribution in [0.4, 0.5) is 4.79 Å². The standard InChI is InChI=1S/C29H35ClN4O3/c1-19-6-11-24(16-20(19)2)34-26(22-12-14-33(15-13-22)28(36)37-29(3,4)5)25(18-32-34)27(35)31-17-21-7-9-23(30)10-8-21/h6-11,16,18,22H,12-15,17H2,1-5H3,(H,31,35). The van der Waals surface area contributed by atoms with E-state index in [1.165, 1.54) is 5.56 Å². The summed E-state index contributed by atoms with van der Waals surface area (Å²) in [5.74, 6) is -0.103. The SMILES string of the molecule is Cc1ccc(-n2ncc(C(=O)NCc3ccc(Cl)cc3)c2C2CCN(C(=O)OC(C)(C)C)CC2)cc1C. The monoisotopic (exact) mass is 522 g/mol. The first-order chi connectivity index (χ1) is 17.5. The van der Waals surface area contributed by atoms with Crippen LogP contribution in [0.2, 0.25) is 5.02 Å². The van der Waals surface area contributed by atoms with Gasteiger partial charge in [-0.2, -0.15) is 5.10 Å². The molecule has 196 valence electrons. The highest BCUT2D eigenvalue weighted by molar-refractivity contribution is 6.30. The summed E-state index contributed by atoms with van der Waals surface area (Å²) >= 11 is 5.99. The van der Waals surface area contributed by atoms with E-state index in [-0.39, 0.29) is 17.9 Å². The Labute approximate surface area is 223 Å². The summed E-state index contributed by atoms with van der Waals surface area (Å²) in [5.41, 5.74) is 5.14. The molecule has 1 N–H and O–H groups in total. The smallest absolute Gasteiger partial charge is 0.410 e. The third-order valence-corrected chi connectivity index (χ3v) is 6.94. The van der Waals surface area contributed by atoms with E-state index in [1.807, 2.05) is 55.8 Å². The maximum absolute atomic E-state index is 13.4. The van der Waals surface area contributed by atoms with Gasteiger partial charge in [0.1, 0.15) is 5.60 Å². The molecule has 0 radical (unpaired) electrons. The number of rotatable bonds is 5. The third kappa shape index (κ3) is 6.52. The number of carbonyl (C=O) groups is 2.